The largest absolute Gasteiger partial charge is 0.462 e. The summed E-state index contributed by atoms with van der Waals surface area (Å²) in [6, 6.07) is 5.18. The molecule has 0 spiro atoms. The third-order valence-corrected chi connectivity index (χ3v) is 7.93. The molecule has 4 rings (SSSR count). The number of ether oxygens (including phenoxy) is 1. The molecule has 0 bridgehead atoms. The molecule has 1 aromatic carbocycles. The molecular formula is C31H34F3N5O5S. The van der Waals surface area contributed by atoms with Crippen molar-refractivity contribution in [1.82, 2.24) is 19.9 Å². The molecule has 45 heavy (non-hydrogen) atoms. The summed E-state index contributed by atoms with van der Waals surface area (Å²) in [4.78, 5) is 46.9. The average Bonchev–Trinajstić information content (AvgIpc) is 3.48. The van der Waals surface area contributed by atoms with Gasteiger partial charge in [0.25, 0.3) is 0 Å². The summed E-state index contributed by atoms with van der Waals surface area (Å²) in [6.07, 6.45) is -1.21. The smallest absolute Gasteiger partial charge is 0.434 e. The van der Waals surface area contributed by atoms with Gasteiger partial charge in [-0.05, 0) is 42.5 Å². The van der Waals surface area contributed by atoms with Crippen molar-refractivity contribution in [2.24, 2.45) is 5.41 Å². The van der Waals surface area contributed by atoms with Gasteiger partial charge in [-0.1, -0.05) is 33.8 Å². The average molecular weight is 646 g/mol. The second-order valence-corrected chi connectivity index (χ2v) is 12.2. The molecule has 0 unspecified atom stereocenters. The minimum Gasteiger partial charge on any atom is -0.462 e. The zero-order chi connectivity index (χ0) is 33.1. The molecule has 2 amide bonds. The number of aliphatic hydroxyl groups is 1. The number of esters is 1. The highest BCUT2D eigenvalue weighted by Crippen LogP contribution is 2.39. The number of rotatable bonds is 9. The van der Waals surface area contributed by atoms with Crippen molar-refractivity contribution in [1.29, 1.82) is 0 Å². The number of carbonyl (C=O) groups excluding carboxylic acids is 2. The van der Waals surface area contributed by atoms with E-state index in [0.717, 1.165) is 16.7 Å². The van der Waals surface area contributed by atoms with Crippen LogP contribution in [0, 0.1) is 5.41 Å². The predicted molar refractivity (Wildman–Crippen MR) is 166 cm³/mol. The highest BCUT2D eigenvalue weighted by atomic mass is 32.1. The lowest BCUT2D eigenvalue weighted by molar-refractivity contribution is -0.140. The number of aliphatic hydroxyl groups excluding tert-OH is 1. The van der Waals surface area contributed by atoms with Crippen LogP contribution >= 0.6 is 11.3 Å². The number of thiazole rings is 1. The predicted octanol–water partition coefficient (Wildman–Crippen LogP) is 6.49. The van der Waals surface area contributed by atoms with Gasteiger partial charge in [0.15, 0.2) is 5.69 Å². The van der Waals surface area contributed by atoms with Crippen LogP contribution in [0.15, 0.2) is 46.8 Å². The maximum atomic E-state index is 13.7. The number of anilines is 1. The molecular weight excluding hydrogens is 611 g/mol. The molecule has 0 aliphatic carbocycles. The van der Waals surface area contributed by atoms with E-state index in [9.17, 15) is 32.7 Å². The summed E-state index contributed by atoms with van der Waals surface area (Å²) < 4.78 is 47.2. The van der Waals surface area contributed by atoms with Gasteiger partial charge in [0.2, 0.25) is 5.43 Å². The van der Waals surface area contributed by atoms with Crippen LogP contribution in [0.1, 0.15) is 63.1 Å². The first kappa shape index (κ1) is 33.6. The standard InChI is InChI=1S/C31H34F3N5O5S/c1-6-10-35-29(43)38-25-12-18(27-37-23(16-45-27)31(32,33)34)20(13-36-25)17-8-9-22-19(11-17)26(41)21(28(42)44-7-2)14-39(22)24(15-40)30(3,4)5/h8-9,11-14,16,24,40H,6-7,10,15H2,1-5H3,(H2,35,36,38,43)/t24-/m1/s1. The molecule has 4 aromatic rings. The Balaban J connectivity index is 1.96. The number of benzene rings is 1. The van der Waals surface area contributed by atoms with Crippen LogP contribution in [0.25, 0.3) is 32.6 Å². The van der Waals surface area contributed by atoms with Crippen LogP contribution in [0.2, 0.25) is 0 Å². The van der Waals surface area contributed by atoms with Gasteiger partial charge < -0.3 is 19.7 Å². The minimum atomic E-state index is -4.67. The first-order chi connectivity index (χ1) is 21.2. The summed E-state index contributed by atoms with van der Waals surface area (Å²) in [5.74, 6) is -0.745. The normalized spacial score (nSPS) is 12.6. The number of halogens is 3. The number of hydrogen-bond donors (Lipinski definition) is 3. The van der Waals surface area contributed by atoms with Gasteiger partial charge in [-0.2, -0.15) is 13.2 Å². The topological polar surface area (TPSA) is 135 Å². The van der Waals surface area contributed by atoms with Gasteiger partial charge in [-0.25, -0.2) is 19.6 Å². The van der Waals surface area contributed by atoms with Crippen molar-refractivity contribution in [3.05, 3.63) is 63.5 Å². The summed E-state index contributed by atoms with van der Waals surface area (Å²) in [7, 11) is 0. The summed E-state index contributed by atoms with van der Waals surface area (Å²) in [5.41, 5.74) is -0.987. The molecule has 0 saturated carbocycles. The first-order valence-corrected chi connectivity index (χ1v) is 15.1. The zero-order valence-corrected chi connectivity index (χ0v) is 26.2. The second-order valence-electron chi connectivity index (χ2n) is 11.3. The Kier molecular flexibility index (Phi) is 9.98. The van der Waals surface area contributed by atoms with Crippen LogP contribution in [-0.2, 0) is 10.9 Å². The van der Waals surface area contributed by atoms with Crippen molar-refractivity contribution >= 4 is 40.1 Å². The molecule has 0 aliphatic rings. The van der Waals surface area contributed by atoms with E-state index in [0.29, 0.717) is 29.6 Å². The quantitative estimate of drug-likeness (QED) is 0.177. The number of pyridine rings is 2. The number of alkyl halides is 3. The highest BCUT2D eigenvalue weighted by Gasteiger charge is 2.34. The van der Waals surface area contributed by atoms with Crippen molar-refractivity contribution < 1.29 is 32.6 Å². The number of nitrogens with one attached hydrogen (secondary N) is 2. The van der Waals surface area contributed by atoms with E-state index in [1.807, 2.05) is 27.7 Å². The van der Waals surface area contributed by atoms with E-state index in [-0.39, 0.29) is 40.6 Å². The van der Waals surface area contributed by atoms with Crippen LogP contribution in [-0.4, -0.2) is 51.4 Å². The number of carbonyl (C=O) groups is 2. The number of fused-ring (bicyclic) bond motifs is 1. The van der Waals surface area contributed by atoms with Gasteiger partial charge in [0.05, 0.1) is 24.8 Å². The molecule has 3 N–H and O–H groups in total. The number of amides is 2. The fourth-order valence-corrected chi connectivity index (χ4v) is 5.63. The van der Waals surface area contributed by atoms with Crippen LogP contribution in [0.3, 0.4) is 0 Å². The molecule has 0 aliphatic heterocycles. The van der Waals surface area contributed by atoms with E-state index in [4.69, 9.17) is 4.74 Å². The molecule has 10 nitrogen and oxygen atoms in total. The monoisotopic (exact) mass is 645 g/mol. The number of hydrogen-bond acceptors (Lipinski definition) is 8. The Morgan fingerprint density at radius 2 is 1.87 bits per heavy atom. The van der Waals surface area contributed by atoms with Gasteiger partial charge in [-0.3, -0.25) is 10.1 Å². The molecule has 0 fully saturated rings. The lowest BCUT2D eigenvalue weighted by Gasteiger charge is -2.33. The third kappa shape index (κ3) is 7.34. The third-order valence-electron chi connectivity index (χ3n) is 7.05. The Bertz CT molecular complexity index is 1780. The van der Waals surface area contributed by atoms with Gasteiger partial charge in [0.1, 0.15) is 16.4 Å². The van der Waals surface area contributed by atoms with Gasteiger partial charge in [-0.15, -0.1) is 11.3 Å². The van der Waals surface area contributed by atoms with Crippen LogP contribution < -0.4 is 16.1 Å². The lowest BCUT2D eigenvalue weighted by atomic mass is 9.86. The fourth-order valence-electron chi connectivity index (χ4n) is 4.77. The van der Waals surface area contributed by atoms with Crippen molar-refractivity contribution in [2.75, 3.05) is 25.1 Å². The van der Waals surface area contributed by atoms with E-state index in [2.05, 4.69) is 20.6 Å². The molecule has 0 radical (unpaired) electrons. The zero-order valence-electron chi connectivity index (χ0n) is 25.4. The van der Waals surface area contributed by atoms with Crippen molar-refractivity contribution in [2.45, 2.75) is 53.3 Å². The minimum absolute atomic E-state index is 0.0163. The summed E-state index contributed by atoms with van der Waals surface area (Å²) in [6.45, 7) is 9.40. The van der Waals surface area contributed by atoms with Crippen molar-refractivity contribution in [3.8, 4) is 21.7 Å². The fraction of sp³-hybridized carbons (Fsp3) is 0.387. The van der Waals surface area contributed by atoms with E-state index in [1.54, 1.807) is 23.6 Å². The SMILES string of the molecule is CCCNC(=O)Nc1cc(-c2nc(C(F)(F)F)cs2)c(-c2ccc3c(c2)c(=O)c(C(=O)OCC)cn3[C@H](CO)C(C)(C)C)cn1. The number of aromatic nitrogens is 3. The van der Waals surface area contributed by atoms with E-state index in [1.165, 1.54) is 24.5 Å². The van der Waals surface area contributed by atoms with Crippen molar-refractivity contribution in [3.63, 3.8) is 0 Å². The van der Waals surface area contributed by atoms with Crippen LogP contribution in [0.4, 0.5) is 23.8 Å². The number of urea groups is 1. The molecule has 240 valence electrons. The summed E-state index contributed by atoms with van der Waals surface area (Å²) >= 11 is 0.768. The molecule has 0 saturated heterocycles. The summed E-state index contributed by atoms with van der Waals surface area (Å²) in [5, 5.41) is 16.6. The first-order valence-electron chi connectivity index (χ1n) is 14.2. The lowest BCUT2D eigenvalue weighted by Crippen LogP contribution is -2.30. The van der Waals surface area contributed by atoms with Gasteiger partial charge in [0, 0.05) is 40.8 Å². The molecule has 14 heteroatoms. The molecule has 3 aromatic heterocycles. The maximum absolute atomic E-state index is 13.7. The van der Waals surface area contributed by atoms with E-state index >= 15 is 0 Å². The van der Waals surface area contributed by atoms with Crippen LogP contribution in [0.5, 0.6) is 0 Å². The Morgan fingerprint density at radius 1 is 1.13 bits per heavy atom. The molecule has 3 heterocycles. The van der Waals surface area contributed by atoms with Gasteiger partial charge >= 0.3 is 18.2 Å². The Morgan fingerprint density at radius 3 is 2.47 bits per heavy atom. The maximum Gasteiger partial charge on any atom is 0.434 e. The molecule has 1 atom stereocenters. The van der Waals surface area contributed by atoms with E-state index < -0.39 is 40.8 Å². The Hall–Kier alpha value is -4.30. The Labute approximate surface area is 261 Å². The second kappa shape index (κ2) is 13.4. The highest BCUT2D eigenvalue weighted by molar-refractivity contribution is 7.13. The number of nitrogens with zero attached hydrogens (tertiary/aromatic N) is 3.